The molecule has 2 atom stereocenters. The highest BCUT2D eigenvalue weighted by molar-refractivity contribution is 7.85. The third-order valence-corrected chi connectivity index (χ3v) is 8.17. The number of unbranched alkanes of at least 4 members (excludes halogenated alkanes) is 14. The maximum atomic E-state index is 12.4. The summed E-state index contributed by atoms with van der Waals surface area (Å²) < 4.78 is 32.3. The Labute approximate surface area is 271 Å². The van der Waals surface area contributed by atoms with Crippen molar-refractivity contribution in [2.45, 2.75) is 161 Å². The van der Waals surface area contributed by atoms with Gasteiger partial charge in [-0.3, -0.25) is 9.35 Å². The summed E-state index contributed by atoms with van der Waals surface area (Å²) in [6.07, 6.45) is 42.0. The van der Waals surface area contributed by atoms with Crippen molar-refractivity contribution in [3.05, 3.63) is 60.8 Å². The molecule has 0 aromatic heterocycles. The Bertz CT molecular complexity index is 920. The molecule has 0 spiro atoms. The topological polar surface area (TPSA) is 104 Å². The van der Waals surface area contributed by atoms with Crippen LogP contribution < -0.4 is 5.32 Å². The molecule has 0 fully saturated rings. The first-order valence-electron chi connectivity index (χ1n) is 17.5. The lowest BCUT2D eigenvalue weighted by Gasteiger charge is -2.21. The van der Waals surface area contributed by atoms with Crippen molar-refractivity contribution in [2.24, 2.45) is 0 Å². The van der Waals surface area contributed by atoms with Crippen molar-refractivity contribution >= 4 is 16.0 Å². The molecule has 0 heterocycles. The van der Waals surface area contributed by atoms with Crippen LogP contribution in [-0.2, 0) is 14.9 Å². The Morgan fingerprint density at radius 3 is 1.61 bits per heavy atom. The third-order valence-electron chi connectivity index (χ3n) is 7.39. The van der Waals surface area contributed by atoms with Gasteiger partial charge >= 0.3 is 0 Å². The molecule has 3 N–H and O–H groups in total. The molecular formula is C37H65NO5S. The van der Waals surface area contributed by atoms with Crippen LogP contribution in [0, 0.1) is 0 Å². The van der Waals surface area contributed by atoms with Gasteiger partial charge in [0.2, 0.25) is 5.91 Å². The Kier molecular flexibility index (Phi) is 29.7. The Balaban J connectivity index is 4.13. The summed E-state index contributed by atoms with van der Waals surface area (Å²) in [5, 5.41) is 13.1. The van der Waals surface area contributed by atoms with Crippen LogP contribution in [0.4, 0.5) is 0 Å². The minimum Gasteiger partial charge on any atom is -0.387 e. The van der Waals surface area contributed by atoms with E-state index in [0.717, 1.165) is 64.2 Å². The Morgan fingerprint density at radius 1 is 0.614 bits per heavy atom. The van der Waals surface area contributed by atoms with Gasteiger partial charge in [0.25, 0.3) is 10.1 Å². The monoisotopic (exact) mass is 635 g/mol. The summed E-state index contributed by atoms with van der Waals surface area (Å²) in [6, 6.07) is -1.09. The fraction of sp³-hybridized carbons (Fsp3) is 0.703. The number of allylic oxidation sites excluding steroid dienone is 9. The van der Waals surface area contributed by atoms with Crippen LogP contribution in [0.25, 0.3) is 0 Å². The quantitative estimate of drug-likeness (QED) is 0.0414. The first-order valence-corrected chi connectivity index (χ1v) is 19.1. The molecule has 7 heteroatoms. The molecule has 0 radical (unpaired) electrons. The Morgan fingerprint density at radius 2 is 1.05 bits per heavy atom. The van der Waals surface area contributed by atoms with Crippen LogP contribution in [0.5, 0.6) is 0 Å². The van der Waals surface area contributed by atoms with Crippen LogP contribution >= 0.6 is 0 Å². The van der Waals surface area contributed by atoms with Gasteiger partial charge in [-0.1, -0.05) is 126 Å². The number of carbonyl (C=O) groups is 1. The molecule has 254 valence electrons. The molecule has 0 saturated heterocycles. The van der Waals surface area contributed by atoms with Crippen molar-refractivity contribution in [1.29, 1.82) is 0 Å². The van der Waals surface area contributed by atoms with Gasteiger partial charge in [-0.25, -0.2) is 0 Å². The van der Waals surface area contributed by atoms with E-state index in [4.69, 9.17) is 0 Å². The number of hydrogen-bond donors (Lipinski definition) is 3. The van der Waals surface area contributed by atoms with Gasteiger partial charge in [0.15, 0.2) is 0 Å². The molecule has 1 amide bonds. The zero-order valence-electron chi connectivity index (χ0n) is 28.0. The highest BCUT2D eigenvalue weighted by Crippen LogP contribution is 2.10. The minimum atomic E-state index is -4.36. The molecule has 0 aliphatic heterocycles. The summed E-state index contributed by atoms with van der Waals surface area (Å²) >= 11 is 0. The maximum Gasteiger partial charge on any atom is 0.267 e. The van der Waals surface area contributed by atoms with Crippen LogP contribution in [-0.4, -0.2) is 41.9 Å². The van der Waals surface area contributed by atoms with Crippen molar-refractivity contribution in [2.75, 3.05) is 5.75 Å². The van der Waals surface area contributed by atoms with E-state index < -0.39 is 28.0 Å². The average Bonchev–Trinajstić information content (AvgIpc) is 2.98. The number of aliphatic hydroxyl groups is 1. The maximum absolute atomic E-state index is 12.4. The van der Waals surface area contributed by atoms with Gasteiger partial charge in [0, 0.05) is 6.42 Å². The first kappa shape index (κ1) is 42.0. The van der Waals surface area contributed by atoms with E-state index in [-0.39, 0.29) is 12.3 Å². The number of rotatable bonds is 30. The second kappa shape index (κ2) is 31.0. The first-order chi connectivity index (χ1) is 21.3. The molecule has 0 bridgehead atoms. The van der Waals surface area contributed by atoms with Crippen molar-refractivity contribution < 1.29 is 22.9 Å². The Hall–Kier alpha value is -1.96. The summed E-state index contributed by atoms with van der Waals surface area (Å²) in [6.45, 7) is 4.44. The van der Waals surface area contributed by atoms with Gasteiger partial charge in [-0.15, -0.1) is 0 Å². The summed E-state index contributed by atoms with van der Waals surface area (Å²) in [5.74, 6) is -1.03. The molecule has 0 aliphatic rings. The van der Waals surface area contributed by atoms with E-state index in [2.05, 4.69) is 67.8 Å². The molecule has 44 heavy (non-hydrogen) atoms. The predicted octanol–water partition coefficient (Wildman–Crippen LogP) is 9.73. The summed E-state index contributed by atoms with van der Waals surface area (Å²) in [7, 11) is -4.36. The van der Waals surface area contributed by atoms with Crippen LogP contribution in [0.1, 0.15) is 149 Å². The fourth-order valence-electron chi connectivity index (χ4n) is 4.74. The van der Waals surface area contributed by atoms with Gasteiger partial charge in [0.1, 0.15) is 0 Å². The molecule has 6 nitrogen and oxygen atoms in total. The SMILES string of the molecule is CCCCC/C=C/CC/C=C/CC/C=C/C(O)C(CS(=O)(=O)O)NC(=O)CCCCCCC/C=C\C/C=C\CCCCCC. The van der Waals surface area contributed by atoms with Gasteiger partial charge in [0.05, 0.1) is 17.9 Å². The van der Waals surface area contributed by atoms with E-state index >= 15 is 0 Å². The van der Waals surface area contributed by atoms with Crippen LogP contribution in [0.3, 0.4) is 0 Å². The van der Waals surface area contributed by atoms with E-state index in [1.807, 2.05) is 0 Å². The van der Waals surface area contributed by atoms with E-state index in [0.29, 0.717) is 12.8 Å². The second-order valence-electron chi connectivity index (χ2n) is 11.8. The number of nitrogens with one attached hydrogen (secondary N) is 1. The van der Waals surface area contributed by atoms with E-state index in [1.54, 1.807) is 6.08 Å². The summed E-state index contributed by atoms with van der Waals surface area (Å²) in [4.78, 5) is 12.4. The second-order valence-corrected chi connectivity index (χ2v) is 13.3. The van der Waals surface area contributed by atoms with E-state index in [1.165, 1.54) is 57.4 Å². The zero-order chi connectivity index (χ0) is 32.6. The normalized spacial score (nSPS) is 14.2. The van der Waals surface area contributed by atoms with E-state index in [9.17, 15) is 22.9 Å². The number of hydrogen-bond acceptors (Lipinski definition) is 4. The van der Waals surface area contributed by atoms with Gasteiger partial charge in [-0.05, 0) is 77.0 Å². The molecule has 0 aliphatic carbocycles. The number of carbonyl (C=O) groups excluding carboxylic acids is 1. The minimum absolute atomic E-state index is 0.266. The smallest absolute Gasteiger partial charge is 0.267 e. The zero-order valence-corrected chi connectivity index (χ0v) is 28.8. The number of aliphatic hydroxyl groups excluding tert-OH is 1. The van der Waals surface area contributed by atoms with Crippen molar-refractivity contribution in [3.8, 4) is 0 Å². The lowest BCUT2D eigenvalue weighted by molar-refractivity contribution is -0.122. The van der Waals surface area contributed by atoms with Gasteiger partial charge in [-0.2, -0.15) is 8.42 Å². The van der Waals surface area contributed by atoms with Gasteiger partial charge < -0.3 is 10.4 Å². The predicted molar refractivity (Wildman–Crippen MR) is 188 cm³/mol. The molecule has 0 rings (SSSR count). The highest BCUT2D eigenvalue weighted by Gasteiger charge is 2.24. The average molecular weight is 636 g/mol. The summed E-state index contributed by atoms with van der Waals surface area (Å²) in [5.41, 5.74) is 0. The third kappa shape index (κ3) is 31.5. The largest absolute Gasteiger partial charge is 0.387 e. The van der Waals surface area contributed by atoms with Crippen molar-refractivity contribution in [1.82, 2.24) is 5.32 Å². The van der Waals surface area contributed by atoms with Crippen molar-refractivity contribution in [3.63, 3.8) is 0 Å². The highest BCUT2D eigenvalue weighted by atomic mass is 32.2. The molecular weight excluding hydrogens is 570 g/mol. The lowest BCUT2D eigenvalue weighted by Crippen LogP contribution is -2.46. The molecule has 2 unspecified atom stereocenters. The van der Waals surface area contributed by atoms with Crippen LogP contribution in [0.15, 0.2) is 60.8 Å². The molecule has 0 aromatic rings. The number of amides is 1. The van der Waals surface area contributed by atoms with Crippen LogP contribution in [0.2, 0.25) is 0 Å². The lowest BCUT2D eigenvalue weighted by atomic mass is 10.1. The molecule has 0 aromatic carbocycles. The fourth-order valence-corrected chi connectivity index (χ4v) is 5.48. The molecule has 0 saturated carbocycles. The standard InChI is InChI=1S/C37H65NO5S/c1-3-5-7-9-11-13-15-17-18-19-21-23-25-27-29-31-33-37(40)38-35(34-44(41,42)43)36(39)32-30-28-26-24-22-20-16-14-12-10-8-6-4-2/h12-15,18-19,22,24,30,32,35-36,39H,3-11,16-17,20-21,23,25-29,31,33-34H2,1-2H3,(H,38,40)(H,41,42,43)/b14-12+,15-13-,19-18-,24-22+,32-30+.